The van der Waals surface area contributed by atoms with Gasteiger partial charge in [0, 0.05) is 4.92 Å². The minimum Gasteiger partial charge on any atom is -0.399 e. The molecule has 0 aliphatic rings. The van der Waals surface area contributed by atoms with E-state index in [9.17, 15) is 20.2 Å². The van der Waals surface area contributed by atoms with E-state index in [0.29, 0.717) is 0 Å². The predicted octanol–water partition coefficient (Wildman–Crippen LogP) is 0.964. The lowest BCUT2D eigenvalue weighted by atomic mass is 10.4. The van der Waals surface area contributed by atoms with Crippen molar-refractivity contribution in [1.82, 2.24) is 0 Å². The maximum absolute atomic E-state index is 10.0. The summed E-state index contributed by atoms with van der Waals surface area (Å²) in [6.45, 7) is -0.534. The van der Waals surface area contributed by atoms with Gasteiger partial charge in [-0.25, -0.2) is 0 Å². The Bertz CT molecular complexity index is 317. The molecule has 0 atom stereocenters. The molecule has 7 heteroatoms. The fourth-order valence-corrected chi connectivity index (χ4v) is 0.677. The maximum Gasteiger partial charge on any atom is 0.433 e. The first kappa shape index (κ1) is 8.18. The molecule has 0 amide bonds. The van der Waals surface area contributed by atoms with Gasteiger partial charge in [0.1, 0.15) is 4.92 Å². The summed E-state index contributed by atoms with van der Waals surface area (Å²) >= 11 is 0. The van der Waals surface area contributed by atoms with Gasteiger partial charge in [-0.3, -0.25) is 20.2 Å². The molecule has 0 aliphatic heterocycles. The minimum absolute atomic E-state index is 0.0216. The Morgan fingerprint density at radius 2 is 2.00 bits per heavy atom. The van der Waals surface area contributed by atoms with Crippen LogP contribution in [0.2, 0.25) is 0 Å². The second-order valence-electron chi connectivity index (χ2n) is 1.99. The zero-order chi connectivity index (χ0) is 9.14. The van der Waals surface area contributed by atoms with E-state index in [1.807, 2.05) is 0 Å². The Morgan fingerprint density at radius 3 is 2.42 bits per heavy atom. The van der Waals surface area contributed by atoms with Gasteiger partial charge in [0.15, 0.2) is 5.76 Å². The molecule has 1 aromatic heterocycles. The molecule has 0 N–H and O–H groups in total. The van der Waals surface area contributed by atoms with Crippen molar-refractivity contribution < 1.29 is 14.3 Å². The van der Waals surface area contributed by atoms with Crippen LogP contribution in [0.5, 0.6) is 0 Å². The Kier molecular flexibility index (Phi) is 2.04. The number of nitro groups is 2. The molecule has 0 fully saturated rings. The fraction of sp³-hybridized carbons (Fsp3) is 0.200. The zero-order valence-corrected chi connectivity index (χ0v) is 5.80. The molecule has 0 saturated heterocycles. The van der Waals surface area contributed by atoms with Gasteiger partial charge in [-0.1, -0.05) is 0 Å². The molecule has 0 spiro atoms. The van der Waals surface area contributed by atoms with E-state index >= 15 is 0 Å². The topological polar surface area (TPSA) is 99.4 Å². The van der Waals surface area contributed by atoms with Crippen LogP contribution in [0.3, 0.4) is 0 Å². The van der Waals surface area contributed by atoms with Crippen molar-refractivity contribution in [3.63, 3.8) is 0 Å². The first-order chi connectivity index (χ1) is 5.59. The lowest BCUT2D eigenvalue weighted by molar-refractivity contribution is -0.500. The van der Waals surface area contributed by atoms with Crippen molar-refractivity contribution in [1.29, 1.82) is 0 Å². The molecule has 1 heterocycles. The Balaban J connectivity index is 2.77. The van der Waals surface area contributed by atoms with Gasteiger partial charge in [-0.2, -0.15) is 0 Å². The highest BCUT2D eigenvalue weighted by Crippen LogP contribution is 2.15. The Hall–Kier alpha value is -1.92. The van der Waals surface area contributed by atoms with Gasteiger partial charge in [0.25, 0.3) is 6.54 Å². The van der Waals surface area contributed by atoms with E-state index in [0.717, 1.165) is 6.07 Å². The third-order valence-electron chi connectivity index (χ3n) is 1.11. The molecule has 0 bridgehead atoms. The summed E-state index contributed by atoms with van der Waals surface area (Å²) in [7, 11) is 0. The average molecular weight is 172 g/mol. The van der Waals surface area contributed by atoms with E-state index in [-0.39, 0.29) is 5.76 Å². The van der Waals surface area contributed by atoms with Crippen molar-refractivity contribution in [2.75, 3.05) is 0 Å². The lowest BCUT2D eigenvalue weighted by Gasteiger charge is -1.85. The summed E-state index contributed by atoms with van der Waals surface area (Å²) < 4.78 is 4.52. The third-order valence-corrected chi connectivity index (χ3v) is 1.11. The molecule has 0 unspecified atom stereocenters. The maximum atomic E-state index is 10.0. The third kappa shape index (κ3) is 1.78. The van der Waals surface area contributed by atoms with Crippen LogP contribution in [0, 0.1) is 20.2 Å². The van der Waals surface area contributed by atoms with E-state index in [4.69, 9.17) is 0 Å². The van der Waals surface area contributed by atoms with Gasteiger partial charge >= 0.3 is 5.88 Å². The summed E-state index contributed by atoms with van der Waals surface area (Å²) in [4.78, 5) is 18.6. The van der Waals surface area contributed by atoms with Crippen LogP contribution in [0.15, 0.2) is 16.5 Å². The summed E-state index contributed by atoms with van der Waals surface area (Å²) in [5.74, 6) is -0.501. The highest BCUT2D eigenvalue weighted by molar-refractivity contribution is 5.17. The highest BCUT2D eigenvalue weighted by atomic mass is 16.7. The van der Waals surface area contributed by atoms with Crippen LogP contribution >= 0.6 is 0 Å². The molecule has 0 saturated carbocycles. The highest BCUT2D eigenvalue weighted by Gasteiger charge is 2.14. The Morgan fingerprint density at radius 1 is 1.33 bits per heavy atom. The van der Waals surface area contributed by atoms with Gasteiger partial charge < -0.3 is 4.42 Å². The number of hydrogen-bond acceptors (Lipinski definition) is 5. The molecule has 0 aliphatic carbocycles. The minimum atomic E-state index is -0.747. The van der Waals surface area contributed by atoms with Crippen LogP contribution in [0.1, 0.15) is 5.76 Å². The number of furan rings is 1. The monoisotopic (exact) mass is 172 g/mol. The lowest BCUT2D eigenvalue weighted by Crippen LogP contribution is -1.95. The van der Waals surface area contributed by atoms with Gasteiger partial charge in [0.05, 0.1) is 6.07 Å². The number of hydrogen-bond donors (Lipinski definition) is 0. The van der Waals surface area contributed by atoms with E-state index < -0.39 is 22.3 Å². The molecule has 1 rings (SSSR count). The summed E-state index contributed by atoms with van der Waals surface area (Å²) in [5.41, 5.74) is 0. The standard InChI is InChI=1S/C5H4N2O5/c8-6(9)3-4-1-2-5(12-4)7(10)11/h1-2H,3H2. The first-order valence-electron chi connectivity index (χ1n) is 2.94. The largest absolute Gasteiger partial charge is 0.433 e. The Labute approximate surface area is 65.9 Å². The van der Waals surface area contributed by atoms with E-state index in [2.05, 4.69) is 4.42 Å². The predicted molar refractivity (Wildman–Crippen MR) is 36.1 cm³/mol. The van der Waals surface area contributed by atoms with Crippen LogP contribution in [-0.2, 0) is 6.54 Å². The van der Waals surface area contributed by atoms with Crippen molar-refractivity contribution >= 4 is 5.88 Å². The second-order valence-corrected chi connectivity index (χ2v) is 1.99. The molecular weight excluding hydrogens is 168 g/mol. The molecule has 0 radical (unpaired) electrons. The summed E-state index contributed by atoms with van der Waals surface area (Å²) in [6.07, 6.45) is 0. The normalized spacial score (nSPS) is 9.67. The molecule has 64 valence electrons. The number of nitrogens with zero attached hydrogens (tertiary/aromatic N) is 2. The molecule has 0 aromatic carbocycles. The molecule has 12 heavy (non-hydrogen) atoms. The molecule has 1 aromatic rings. The van der Waals surface area contributed by atoms with Crippen LogP contribution < -0.4 is 0 Å². The smallest absolute Gasteiger partial charge is 0.399 e. The SMILES string of the molecule is O=[N+]([O-])Cc1ccc([N+](=O)[O-])o1. The fourth-order valence-electron chi connectivity index (χ4n) is 0.677. The van der Waals surface area contributed by atoms with Crippen molar-refractivity contribution in [2.24, 2.45) is 0 Å². The molecule has 7 nitrogen and oxygen atoms in total. The van der Waals surface area contributed by atoms with Crippen LogP contribution in [0.4, 0.5) is 5.88 Å². The van der Waals surface area contributed by atoms with Gasteiger partial charge in [-0.15, -0.1) is 0 Å². The summed E-state index contributed by atoms with van der Waals surface area (Å²) in [5, 5.41) is 20.0. The van der Waals surface area contributed by atoms with Gasteiger partial charge in [-0.05, 0) is 6.07 Å². The van der Waals surface area contributed by atoms with Crippen molar-refractivity contribution in [2.45, 2.75) is 6.54 Å². The van der Waals surface area contributed by atoms with Gasteiger partial charge in [0.2, 0.25) is 0 Å². The number of rotatable bonds is 3. The summed E-state index contributed by atoms with van der Waals surface area (Å²) in [6, 6.07) is 2.29. The zero-order valence-electron chi connectivity index (χ0n) is 5.80. The van der Waals surface area contributed by atoms with E-state index in [1.165, 1.54) is 6.07 Å². The van der Waals surface area contributed by atoms with Crippen molar-refractivity contribution in [3.8, 4) is 0 Å². The van der Waals surface area contributed by atoms with Crippen molar-refractivity contribution in [3.05, 3.63) is 38.1 Å². The van der Waals surface area contributed by atoms with Crippen LogP contribution in [-0.4, -0.2) is 9.85 Å². The average Bonchev–Trinajstić information content (AvgIpc) is 2.34. The van der Waals surface area contributed by atoms with E-state index in [1.54, 1.807) is 0 Å². The molecular formula is C5H4N2O5. The quantitative estimate of drug-likeness (QED) is 0.499. The van der Waals surface area contributed by atoms with Crippen LogP contribution in [0.25, 0.3) is 0 Å². The first-order valence-corrected chi connectivity index (χ1v) is 2.94. The second kappa shape index (κ2) is 2.99.